The van der Waals surface area contributed by atoms with E-state index < -0.39 is 5.97 Å². The molecule has 2 heterocycles. The van der Waals surface area contributed by atoms with E-state index in [1.165, 1.54) is 7.11 Å². The van der Waals surface area contributed by atoms with Gasteiger partial charge in [-0.1, -0.05) is 0 Å². The molecule has 1 aliphatic carbocycles. The third kappa shape index (κ3) is 1.34. The van der Waals surface area contributed by atoms with Gasteiger partial charge in [0.2, 0.25) is 5.82 Å². The molecule has 0 aromatic carbocycles. The Balaban J connectivity index is 2.13. The summed E-state index contributed by atoms with van der Waals surface area (Å²) in [5, 5.41) is 5.09. The monoisotopic (exact) mass is 218 g/mol. The van der Waals surface area contributed by atoms with Crippen LogP contribution in [0.1, 0.15) is 29.5 Å². The number of carbonyl (C=O) groups excluding carboxylic acids is 1. The van der Waals surface area contributed by atoms with Gasteiger partial charge in [0.15, 0.2) is 5.65 Å². The Morgan fingerprint density at radius 3 is 3.00 bits per heavy atom. The molecule has 0 spiro atoms. The van der Waals surface area contributed by atoms with Crippen molar-refractivity contribution in [1.29, 1.82) is 0 Å². The molecule has 1 aliphatic rings. The van der Waals surface area contributed by atoms with Crippen LogP contribution >= 0.6 is 0 Å². The molecule has 3 rings (SSSR count). The molecule has 6 nitrogen and oxygen atoms in total. The molecule has 0 unspecified atom stereocenters. The van der Waals surface area contributed by atoms with E-state index in [2.05, 4.69) is 19.8 Å². The van der Waals surface area contributed by atoms with E-state index in [1.54, 1.807) is 12.4 Å². The molecular weight excluding hydrogens is 208 g/mol. The Morgan fingerprint density at radius 2 is 2.31 bits per heavy atom. The van der Waals surface area contributed by atoms with Crippen molar-refractivity contribution in [3.63, 3.8) is 0 Å². The van der Waals surface area contributed by atoms with Crippen LogP contribution in [0.4, 0.5) is 0 Å². The smallest absolute Gasteiger partial charge is 0.376 e. The van der Waals surface area contributed by atoms with Gasteiger partial charge in [-0.25, -0.2) is 19.4 Å². The first kappa shape index (κ1) is 9.26. The van der Waals surface area contributed by atoms with Gasteiger partial charge in [0, 0.05) is 6.20 Å². The van der Waals surface area contributed by atoms with Crippen molar-refractivity contribution >= 4 is 17.0 Å². The third-order valence-corrected chi connectivity index (χ3v) is 2.59. The second-order valence-corrected chi connectivity index (χ2v) is 3.78. The third-order valence-electron chi connectivity index (χ3n) is 2.59. The minimum atomic E-state index is -0.523. The molecule has 0 saturated heterocycles. The number of rotatable bonds is 2. The number of fused-ring (bicyclic) bond motifs is 1. The molecule has 82 valence electrons. The largest absolute Gasteiger partial charge is 0.463 e. The highest BCUT2D eigenvalue weighted by Gasteiger charge is 2.27. The van der Waals surface area contributed by atoms with Gasteiger partial charge >= 0.3 is 5.97 Å². The van der Waals surface area contributed by atoms with E-state index in [4.69, 9.17) is 0 Å². The van der Waals surface area contributed by atoms with Gasteiger partial charge in [-0.05, 0) is 12.8 Å². The van der Waals surface area contributed by atoms with Crippen molar-refractivity contribution in [2.24, 2.45) is 0 Å². The zero-order valence-corrected chi connectivity index (χ0v) is 8.75. The lowest BCUT2D eigenvalue weighted by Gasteiger charge is -2.00. The average molecular weight is 218 g/mol. The van der Waals surface area contributed by atoms with Crippen LogP contribution in [0.15, 0.2) is 12.4 Å². The molecule has 0 radical (unpaired) electrons. The van der Waals surface area contributed by atoms with Gasteiger partial charge in [0.05, 0.1) is 24.7 Å². The Hall–Kier alpha value is -1.98. The molecule has 0 atom stereocenters. The highest BCUT2D eigenvalue weighted by Crippen LogP contribution is 2.35. The molecule has 2 aromatic rings. The quantitative estimate of drug-likeness (QED) is 0.702. The Morgan fingerprint density at radius 1 is 1.50 bits per heavy atom. The lowest BCUT2D eigenvalue weighted by atomic mass is 10.4. The second kappa shape index (κ2) is 3.26. The van der Waals surface area contributed by atoms with Gasteiger partial charge < -0.3 is 4.74 Å². The van der Waals surface area contributed by atoms with Gasteiger partial charge in [-0.3, -0.25) is 0 Å². The maximum Gasteiger partial charge on any atom is 0.376 e. The summed E-state index contributed by atoms with van der Waals surface area (Å²) in [4.78, 5) is 19.4. The van der Waals surface area contributed by atoms with E-state index in [9.17, 15) is 4.79 Å². The molecule has 0 N–H and O–H groups in total. The van der Waals surface area contributed by atoms with Crippen molar-refractivity contribution in [3.8, 4) is 0 Å². The molecule has 0 bridgehead atoms. The van der Waals surface area contributed by atoms with Gasteiger partial charge in [-0.15, -0.1) is 0 Å². The minimum Gasteiger partial charge on any atom is -0.463 e. The van der Waals surface area contributed by atoms with Crippen LogP contribution in [-0.4, -0.2) is 32.8 Å². The number of ether oxygens (including phenoxy) is 1. The first-order valence-electron chi connectivity index (χ1n) is 5.08. The van der Waals surface area contributed by atoms with Crippen LogP contribution in [0.2, 0.25) is 0 Å². The van der Waals surface area contributed by atoms with Crippen molar-refractivity contribution in [3.05, 3.63) is 18.2 Å². The van der Waals surface area contributed by atoms with Crippen molar-refractivity contribution in [2.45, 2.75) is 18.9 Å². The maximum absolute atomic E-state index is 11.3. The summed E-state index contributed by atoms with van der Waals surface area (Å²) >= 11 is 0. The fourth-order valence-electron chi connectivity index (χ4n) is 1.61. The highest BCUT2D eigenvalue weighted by molar-refractivity contribution is 5.87. The van der Waals surface area contributed by atoms with Crippen LogP contribution in [0, 0.1) is 0 Å². The summed E-state index contributed by atoms with van der Waals surface area (Å²) < 4.78 is 6.43. The van der Waals surface area contributed by atoms with E-state index in [0.29, 0.717) is 11.7 Å². The van der Waals surface area contributed by atoms with E-state index in [1.807, 2.05) is 4.68 Å². The van der Waals surface area contributed by atoms with Crippen molar-refractivity contribution in [1.82, 2.24) is 19.7 Å². The Labute approximate surface area is 91.3 Å². The zero-order valence-electron chi connectivity index (χ0n) is 8.75. The predicted octanol–water partition coefficient (Wildman–Crippen LogP) is 0.948. The predicted molar refractivity (Wildman–Crippen MR) is 54.9 cm³/mol. The summed E-state index contributed by atoms with van der Waals surface area (Å²) in [6.07, 6.45) is 5.55. The first-order chi connectivity index (χ1) is 7.79. The number of hydrogen-bond acceptors (Lipinski definition) is 5. The number of nitrogens with zero attached hydrogens (tertiary/aromatic N) is 4. The van der Waals surface area contributed by atoms with Crippen LogP contribution in [0.25, 0.3) is 11.0 Å². The van der Waals surface area contributed by atoms with Crippen LogP contribution in [-0.2, 0) is 4.74 Å². The van der Waals surface area contributed by atoms with Crippen LogP contribution in [0.5, 0.6) is 0 Å². The van der Waals surface area contributed by atoms with E-state index in [0.717, 1.165) is 18.2 Å². The van der Waals surface area contributed by atoms with Crippen LogP contribution in [0.3, 0.4) is 0 Å². The SMILES string of the molecule is COC(=O)c1ncc2cnn(C3CC3)c2n1. The average Bonchev–Trinajstić information content (AvgIpc) is 3.08. The molecular formula is C10H10N4O2. The standard InChI is InChI=1S/C10H10N4O2/c1-16-10(15)8-11-4-6-5-12-14(7-2-3-7)9(6)13-8/h4-5,7H,2-3H2,1H3. The topological polar surface area (TPSA) is 69.9 Å². The summed E-state index contributed by atoms with van der Waals surface area (Å²) in [6, 6.07) is 0.429. The Kier molecular flexibility index (Phi) is 1.89. The lowest BCUT2D eigenvalue weighted by Crippen LogP contribution is -2.08. The highest BCUT2D eigenvalue weighted by atomic mass is 16.5. The number of esters is 1. The zero-order chi connectivity index (χ0) is 11.1. The fourth-order valence-corrected chi connectivity index (χ4v) is 1.61. The molecule has 0 aliphatic heterocycles. The minimum absolute atomic E-state index is 0.0809. The molecule has 1 saturated carbocycles. The normalized spacial score (nSPS) is 15.3. The number of hydrogen-bond donors (Lipinski definition) is 0. The fraction of sp³-hybridized carbons (Fsp3) is 0.400. The molecule has 1 fully saturated rings. The van der Waals surface area contributed by atoms with Gasteiger partial charge in [0.1, 0.15) is 0 Å². The number of carbonyl (C=O) groups is 1. The second-order valence-electron chi connectivity index (χ2n) is 3.78. The number of methoxy groups -OCH3 is 1. The first-order valence-corrected chi connectivity index (χ1v) is 5.08. The van der Waals surface area contributed by atoms with Crippen LogP contribution < -0.4 is 0 Å². The van der Waals surface area contributed by atoms with Gasteiger partial charge in [0.25, 0.3) is 0 Å². The molecule has 2 aromatic heterocycles. The van der Waals surface area contributed by atoms with Crippen molar-refractivity contribution in [2.75, 3.05) is 7.11 Å². The summed E-state index contributed by atoms with van der Waals surface area (Å²) in [7, 11) is 1.31. The maximum atomic E-state index is 11.3. The van der Waals surface area contributed by atoms with Gasteiger partial charge in [-0.2, -0.15) is 5.10 Å². The molecule has 0 amide bonds. The van der Waals surface area contributed by atoms with E-state index in [-0.39, 0.29) is 5.82 Å². The summed E-state index contributed by atoms with van der Waals surface area (Å²) in [5.74, 6) is -0.442. The Bertz CT molecular complexity index is 559. The van der Waals surface area contributed by atoms with Crippen molar-refractivity contribution < 1.29 is 9.53 Å². The molecule has 16 heavy (non-hydrogen) atoms. The summed E-state index contributed by atoms with van der Waals surface area (Å²) in [5.41, 5.74) is 0.706. The molecule has 6 heteroatoms. The number of aromatic nitrogens is 4. The summed E-state index contributed by atoms with van der Waals surface area (Å²) in [6.45, 7) is 0. The van der Waals surface area contributed by atoms with E-state index >= 15 is 0 Å². The lowest BCUT2D eigenvalue weighted by molar-refractivity contribution is 0.0587.